The van der Waals surface area contributed by atoms with Gasteiger partial charge in [-0.2, -0.15) is 0 Å². The van der Waals surface area contributed by atoms with Crippen molar-refractivity contribution in [3.8, 4) is 5.75 Å². The van der Waals surface area contributed by atoms with Crippen molar-refractivity contribution in [1.82, 2.24) is 10.2 Å². The minimum Gasteiger partial charge on any atom is -0.497 e. The zero-order valence-corrected chi connectivity index (χ0v) is 18.3. The Hall–Kier alpha value is -3.67. The highest BCUT2D eigenvalue weighted by molar-refractivity contribution is 5.88. The molecule has 0 fully saturated rings. The average molecular weight is 435 g/mol. The van der Waals surface area contributed by atoms with Gasteiger partial charge in [-0.1, -0.05) is 54.6 Å². The molecule has 0 saturated carbocycles. The third-order valence-corrected chi connectivity index (χ3v) is 5.22. The lowest BCUT2D eigenvalue weighted by atomic mass is 10.0. The molecule has 3 aromatic rings. The van der Waals surface area contributed by atoms with Crippen LogP contribution in [0.15, 0.2) is 78.9 Å². The van der Waals surface area contributed by atoms with Crippen LogP contribution < -0.4 is 10.1 Å². The SMILES string of the molecule is COc1ccc(CCNC(=O)C(c2ccccc2)N(Cc2ccc(F)cc2)C(C)=O)cc1. The first-order valence-electron chi connectivity index (χ1n) is 10.4. The molecular formula is C26H27FN2O3. The maximum Gasteiger partial charge on any atom is 0.247 e. The van der Waals surface area contributed by atoms with E-state index < -0.39 is 6.04 Å². The van der Waals surface area contributed by atoms with Gasteiger partial charge in [0.05, 0.1) is 7.11 Å². The minimum atomic E-state index is -0.797. The lowest BCUT2D eigenvalue weighted by Gasteiger charge is -2.30. The van der Waals surface area contributed by atoms with Gasteiger partial charge in [0, 0.05) is 20.0 Å². The quantitative estimate of drug-likeness (QED) is 0.547. The molecule has 3 rings (SSSR count). The van der Waals surface area contributed by atoms with E-state index in [2.05, 4.69) is 5.32 Å². The summed E-state index contributed by atoms with van der Waals surface area (Å²) >= 11 is 0. The van der Waals surface area contributed by atoms with E-state index >= 15 is 0 Å². The van der Waals surface area contributed by atoms with Crippen molar-refractivity contribution in [2.24, 2.45) is 0 Å². The van der Waals surface area contributed by atoms with Crippen molar-refractivity contribution < 1.29 is 18.7 Å². The van der Waals surface area contributed by atoms with E-state index in [-0.39, 0.29) is 24.2 Å². The summed E-state index contributed by atoms with van der Waals surface area (Å²) in [4.78, 5) is 27.3. The molecule has 0 aliphatic carbocycles. The molecule has 0 saturated heterocycles. The highest BCUT2D eigenvalue weighted by atomic mass is 19.1. The zero-order chi connectivity index (χ0) is 22.9. The predicted octanol–water partition coefficient (Wildman–Crippen LogP) is 4.28. The molecule has 2 amide bonds. The molecule has 32 heavy (non-hydrogen) atoms. The van der Waals surface area contributed by atoms with Gasteiger partial charge in [-0.05, 0) is 47.4 Å². The summed E-state index contributed by atoms with van der Waals surface area (Å²) in [5, 5.41) is 2.96. The third-order valence-electron chi connectivity index (χ3n) is 5.22. The van der Waals surface area contributed by atoms with Crippen molar-refractivity contribution in [2.45, 2.75) is 25.9 Å². The van der Waals surface area contributed by atoms with E-state index in [1.165, 1.54) is 24.0 Å². The molecule has 0 aromatic heterocycles. The molecule has 0 aliphatic heterocycles. The minimum absolute atomic E-state index is 0.196. The summed E-state index contributed by atoms with van der Waals surface area (Å²) in [6.45, 7) is 2.06. The predicted molar refractivity (Wildman–Crippen MR) is 122 cm³/mol. The van der Waals surface area contributed by atoms with E-state index in [0.29, 0.717) is 18.5 Å². The smallest absolute Gasteiger partial charge is 0.247 e. The summed E-state index contributed by atoms with van der Waals surface area (Å²) in [5.74, 6) is -0.0747. The van der Waals surface area contributed by atoms with Gasteiger partial charge in [-0.15, -0.1) is 0 Å². The third kappa shape index (κ3) is 6.17. The van der Waals surface area contributed by atoms with Gasteiger partial charge in [-0.25, -0.2) is 4.39 Å². The van der Waals surface area contributed by atoms with Crippen LogP contribution in [0.1, 0.15) is 29.7 Å². The van der Waals surface area contributed by atoms with Crippen molar-refractivity contribution in [1.29, 1.82) is 0 Å². The van der Waals surface area contributed by atoms with Crippen LogP contribution in [0.4, 0.5) is 4.39 Å². The Morgan fingerprint density at radius 1 is 0.938 bits per heavy atom. The van der Waals surface area contributed by atoms with Gasteiger partial charge >= 0.3 is 0 Å². The van der Waals surface area contributed by atoms with E-state index in [9.17, 15) is 14.0 Å². The van der Waals surface area contributed by atoms with Crippen molar-refractivity contribution in [2.75, 3.05) is 13.7 Å². The Balaban J connectivity index is 1.76. The number of nitrogens with zero attached hydrogens (tertiary/aromatic N) is 1. The van der Waals surface area contributed by atoms with Crippen LogP contribution in [0.2, 0.25) is 0 Å². The summed E-state index contributed by atoms with van der Waals surface area (Å²) in [6.07, 6.45) is 0.648. The molecule has 0 aliphatic rings. The number of hydrogen-bond acceptors (Lipinski definition) is 3. The summed E-state index contributed by atoms with van der Waals surface area (Å²) in [6, 6.07) is 22.0. The van der Waals surface area contributed by atoms with Gasteiger partial charge < -0.3 is 15.0 Å². The number of carbonyl (C=O) groups is 2. The lowest BCUT2D eigenvalue weighted by Crippen LogP contribution is -2.43. The molecule has 6 heteroatoms. The zero-order valence-electron chi connectivity index (χ0n) is 18.3. The van der Waals surface area contributed by atoms with Crippen LogP contribution in [0, 0.1) is 5.82 Å². The number of hydrogen-bond donors (Lipinski definition) is 1. The molecule has 0 bridgehead atoms. The molecule has 1 unspecified atom stereocenters. The maximum absolute atomic E-state index is 13.3. The summed E-state index contributed by atoms with van der Waals surface area (Å²) in [5.41, 5.74) is 2.53. The Morgan fingerprint density at radius 3 is 2.16 bits per heavy atom. The Kier molecular flexibility index (Phi) is 7.97. The first kappa shape index (κ1) is 23.0. The van der Waals surface area contributed by atoms with Crippen LogP contribution in [-0.4, -0.2) is 30.4 Å². The lowest BCUT2D eigenvalue weighted by molar-refractivity contribution is -0.140. The van der Waals surface area contributed by atoms with Crippen LogP contribution in [-0.2, 0) is 22.6 Å². The molecule has 1 atom stereocenters. The molecule has 0 heterocycles. The topological polar surface area (TPSA) is 58.6 Å². The van der Waals surface area contributed by atoms with Gasteiger partial charge in [0.1, 0.15) is 17.6 Å². The number of carbonyl (C=O) groups excluding carboxylic acids is 2. The molecule has 3 aromatic carbocycles. The number of methoxy groups -OCH3 is 1. The molecule has 1 N–H and O–H groups in total. The average Bonchev–Trinajstić information content (AvgIpc) is 2.81. The van der Waals surface area contributed by atoms with Gasteiger partial charge in [0.25, 0.3) is 0 Å². The Labute approximate surface area is 187 Å². The second kappa shape index (κ2) is 11.1. The Bertz CT molecular complexity index is 1020. The second-order valence-corrected chi connectivity index (χ2v) is 7.48. The fraction of sp³-hybridized carbons (Fsp3) is 0.231. The molecular weight excluding hydrogens is 407 g/mol. The number of rotatable bonds is 9. The van der Waals surface area contributed by atoms with Crippen LogP contribution in [0.25, 0.3) is 0 Å². The summed E-state index contributed by atoms with van der Waals surface area (Å²) in [7, 11) is 1.62. The van der Waals surface area contributed by atoms with Crippen LogP contribution in [0.3, 0.4) is 0 Å². The van der Waals surface area contributed by atoms with Crippen LogP contribution in [0.5, 0.6) is 5.75 Å². The van der Waals surface area contributed by atoms with E-state index in [0.717, 1.165) is 16.9 Å². The van der Waals surface area contributed by atoms with E-state index in [1.54, 1.807) is 19.2 Å². The second-order valence-electron chi connectivity index (χ2n) is 7.48. The van der Waals surface area contributed by atoms with Gasteiger partial charge in [-0.3, -0.25) is 9.59 Å². The number of amides is 2. The number of benzene rings is 3. The highest BCUT2D eigenvalue weighted by Crippen LogP contribution is 2.24. The number of nitrogens with one attached hydrogen (secondary N) is 1. The van der Waals surface area contributed by atoms with Crippen LogP contribution >= 0.6 is 0 Å². The fourth-order valence-electron chi connectivity index (χ4n) is 3.50. The van der Waals surface area contributed by atoms with E-state index in [4.69, 9.17) is 4.74 Å². The fourth-order valence-corrected chi connectivity index (χ4v) is 3.50. The molecule has 0 spiro atoms. The molecule has 166 valence electrons. The van der Waals surface area contributed by atoms with Crippen molar-refractivity contribution >= 4 is 11.8 Å². The number of ether oxygens (including phenoxy) is 1. The summed E-state index contributed by atoms with van der Waals surface area (Å²) < 4.78 is 18.5. The normalized spacial score (nSPS) is 11.5. The first-order chi connectivity index (χ1) is 15.5. The van der Waals surface area contributed by atoms with Gasteiger partial charge in [0.15, 0.2) is 0 Å². The monoisotopic (exact) mass is 434 g/mol. The van der Waals surface area contributed by atoms with Gasteiger partial charge in [0.2, 0.25) is 11.8 Å². The molecule has 5 nitrogen and oxygen atoms in total. The number of halogens is 1. The first-order valence-corrected chi connectivity index (χ1v) is 10.4. The van der Waals surface area contributed by atoms with E-state index in [1.807, 2.05) is 54.6 Å². The maximum atomic E-state index is 13.3. The van der Waals surface area contributed by atoms with Crippen molar-refractivity contribution in [3.63, 3.8) is 0 Å². The largest absolute Gasteiger partial charge is 0.497 e. The standard InChI is InChI=1S/C26H27FN2O3/c1-19(30)29(18-21-8-12-23(27)13-9-21)25(22-6-4-3-5-7-22)26(31)28-17-16-20-10-14-24(32-2)15-11-20/h3-15,25H,16-18H2,1-2H3,(H,28,31). The molecule has 0 radical (unpaired) electrons. The highest BCUT2D eigenvalue weighted by Gasteiger charge is 2.29. The van der Waals surface area contributed by atoms with Crippen molar-refractivity contribution in [3.05, 3.63) is 101 Å². The Morgan fingerprint density at radius 2 is 1.56 bits per heavy atom.